The van der Waals surface area contributed by atoms with Gasteiger partial charge in [-0.2, -0.15) is 0 Å². The monoisotopic (exact) mass is 465 g/mol. The molecule has 0 bridgehead atoms. The molecule has 9 nitrogen and oxygen atoms in total. The van der Waals surface area contributed by atoms with Crippen LogP contribution in [0.25, 0.3) is 0 Å². The minimum atomic E-state index is -0.590. The summed E-state index contributed by atoms with van der Waals surface area (Å²) in [5.74, 6) is 0.180. The lowest BCUT2D eigenvalue weighted by Gasteiger charge is -2.12. The van der Waals surface area contributed by atoms with Crippen molar-refractivity contribution >= 4 is 33.4 Å². The number of nitrogens with zero attached hydrogens (tertiary/aromatic N) is 1. The Labute approximate surface area is 175 Å². The lowest BCUT2D eigenvalue weighted by atomic mass is 10.2. The fourth-order valence-corrected chi connectivity index (χ4v) is 2.56. The van der Waals surface area contributed by atoms with Crippen molar-refractivity contribution in [3.63, 3.8) is 0 Å². The van der Waals surface area contributed by atoms with Crippen molar-refractivity contribution in [2.45, 2.75) is 13.8 Å². The molecule has 0 fully saturated rings. The lowest BCUT2D eigenvalue weighted by Crippen LogP contribution is -2.43. The van der Waals surface area contributed by atoms with Crippen LogP contribution in [0.1, 0.15) is 24.2 Å². The number of halogens is 1. The number of amides is 2. The number of nitrogens with one attached hydrogen (secondary N) is 2. The third-order valence-electron chi connectivity index (χ3n) is 3.50. The molecular formula is C19H20BrN3O6. The smallest absolute Gasteiger partial charge is 0.276 e. The molecule has 2 rings (SSSR count). The Kier molecular flexibility index (Phi) is 7.96. The fraction of sp³-hybridized carbons (Fsp3) is 0.263. The van der Waals surface area contributed by atoms with Crippen LogP contribution in [0.5, 0.6) is 11.5 Å². The maximum Gasteiger partial charge on any atom is 0.276 e. The van der Waals surface area contributed by atoms with Crippen molar-refractivity contribution < 1.29 is 24.0 Å². The molecule has 10 heteroatoms. The zero-order valence-electron chi connectivity index (χ0n) is 15.8. The number of nitro benzene ring substituents is 1. The van der Waals surface area contributed by atoms with Crippen LogP contribution in [0, 0.1) is 16.0 Å². The predicted molar refractivity (Wildman–Crippen MR) is 109 cm³/mol. The van der Waals surface area contributed by atoms with Gasteiger partial charge in [-0.25, -0.2) is 0 Å². The van der Waals surface area contributed by atoms with Crippen molar-refractivity contribution in [2.75, 3.05) is 13.2 Å². The first-order valence-electron chi connectivity index (χ1n) is 8.65. The average Bonchev–Trinajstić information content (AvgIpc) is 2.69. The number of hydrogen-bond acceptors (Lipinski definition) is 6. The van der Waals surface area contributed by atoms with Gasteiger partial charge >= 0.3 is 0 Å². The van der Waals surface area contributed by atoms with Crippen LogP contribution in [0.15, 0.2) is 46.9 Å². The van der Waals surface area contributed by atoms with Crippen LogP contribution >= 0.6 is 15.9 Å². The van der Waals surface area contributed by atoms with Gasteiger partial charge in [0.25, 0.3) is 17.5 Å². The average molecular weight is 466 g/mol. The lowest BCUT2D eigenvalue weighted by molar-refractivity contribution is -0.384. The van der Waals surface area contributed by atoms with Gasteiger partial charge in [0, 0.05) is 17.7 Å². The van der Waals surface area contributed by atoms with Gasteiger partial charge in [-0.15, -0.1) is 0 Å². The van der Waals surface area contributed by atoms with Gasteiger partial charge in [-0.05, 0) is 52.2 Å². The second kappa shape index (κ2) is 10.4. The molecule has 0 heterocycles. The second-order valence-electron chi connectivity index (χ2n) is 6.39. The van der Waals surface area contributed by atoms with E-state index in [1.807, 2.05) is 13.8 Å². The minimum Gasteiger partial charge on any atom is -0.492 e. The molecule has 2 amide bonds. The van der Waals surface area contributed by atoms with E-state index in [9.17, 15) is 19.7 Å². The number of hydrazine groups is 1. The van der Waals surface area contributed by atoms with Crippen molar-refractivity contribution in [1.29, 1.82) is 0 Å². The molecule has 2 aromatic carbocycles. The van der Waals surface area contributed by atoms with Crippen LogP contribution in [0.3, 0.4) is 0 Å². The normalized spacial score (nSPS) is 10.3. The van der Waals surface area contributed by atoms with Crippen LogP contribution < -0.4 is 20.3 Å². The van der Waals surface area contributed by atoms with Crippen LogP contribution in [-0.4, -0.2) is 30.0 Å². The summed E-state index contributed by atoms with van der Waals surface area (Å²) in [6.07, 6.45) is 0. The highest BCUT2D eigenvalue weighted by Gasteiger charge is 2.12. The van der Waals surface area contributed by atoms with Gasteiger partial charge < -0.3 is 9.47 Å². The van der Waals surface area contributed by atoms with Gasteiger partial charge in [-0.3, -0.25) is 30.6 Å². The highest BCUT2D eigenvalue weighted by atomic mass is 79.9. The largest absolute Gasteiger partial charge is 0.492 e. The Morgan fingerprint density at radius 1 is 1.10 bits per heavy atom. The van der Waals surface area contributed by atoms with E-state index in [1.54, 1.807) is 18.2 Å². The van der Waals surface area contributed by atoms with Gasteiger partial charge in [0.2, 0.25) is 0 Å². The molecule has 0 spiro atoms. The number of carbonyl (C=O) groups is 2. The first kappa shape index (κ1) is 22.2. The first-order valence-corrected chi connectivity index (χ1v) is 9.44. The Morgan fingerprint density at radius 3 is 2.38 bits per heavy atom. The summed E-state index contributed by atoms with van der Waals surface area (Å²) in [6, 6.07) is 10.1. The molecule has 29 heavy (non-hydrogen) atoms. The summed E-state index contributed by atoms with van der Waals surface area (Å²) in [7, 11) is 0. The van der Waals surface area contributed by atoms with Gasteiger partial charge in [0.05, 0.1) is 16.0 Å². The van der Waals surface area contributed by atoms with E-state index < -0.39 is 16.7 Å². The molecule has 2 N–H and O–H groups in total. The predicted octanol–water partition coefficient (Wildman–Crippen LogP) is 3.23. The van der Waals surface area contributed by atoms with E-state index in [2.05, 4.69) is 26.8 Å². The molecule has 0 aromatic heterocycles. The fourth-order valence-electron chi connectivity index (χ4n) is 2.06. The van der Waals surface area contributed by atoms with Gasteiger partial charge in [-0.1, -0.05) is 13.8 Å². The zero-order chi connectivity index (χ0) is 21.4. The second-order valence-corrected chi connectivity index (χ2v) is 7.25. The summed E-state index contributed by atoms with van der Waals surface area (Å²) in [5.41, 5.74) is 4.77. The Hall–Kier alpha value is -3.14. The zero-order valence-corrected chi connectivity index (χ0v) is 17.4. The molecule has 154 valence electrons. The van der Waals surface area contributed by atoms with E-state index in [0.29, 0.717) is 28.3 Å². The molecule has 2 aromatic rings. The molecule has 0 aliphatic carbocycles. The van der Waals surface area contributed by atoms with E-state index in [4.69, 9.17) is 9.47 Å². The van der Waals surface area contributed by atoms with E-state index in [0.717, 1.165) is 0 Å². The van der Waals surface area contributed by atoms with Crippen LogP contribution in [0.4, 0.5) is 5.69 Å². The summed E-state index contributed by atoms with van der Waals surface area (Å²) < 4.78 is 11.5. The van der Waals surface area contributed by atoms with Crippen LogP contribution in [0.2, 0.25) is 0 Å². The van der Waals surface area contributed by atoms with E-state index in [1.165, 1.54) is 24.3 Å². The summed E-state index contributed by atoms with van der Waals surface area (Å²) in [6.45, 7) is 4.24. The SMILES string of the molecule is CC(C)COc1ccc(C(=O)NNC(=O)COc2ccc([N+](=O)[O-])cc2)cc1Br. The maximum atomic E-state index is 12.2. The maximum absolute atomic E-state index is 12.2. The van der Waals surface area contributed by atoms with Gasteiger partial charge in [0.15, 0.2) is 6.61 Å². The number of nitro groups is 1. The molecule has 0 aliphatic rings. The topological polar surface area (TPSA) is 120 Å². The Bertz CT molecular complexity index is 886. The molecule has 0 saturated heterocycles. The number of carbonyl (C=O) groups excluding carboxylic acids is 2. The number of benzene rings is 2. The summed E-state index contributed by atoms with van der Waals surface area (Å²) >= 11 is 3.36. The van der Waals surface area contributed by atoms with E-state index >= 15 is 0 Å². The quantitative estimate of drug-likeness (QED) is 0.456. The third kappa shape index (κ3) is 7.07. The van der Waals surface area contributed by atoms with Crippen molar-refractivity contribution in [3.8, 4) is 11.5 Å². The van der Waals surface area contributed by atoms with Crippen LogP contribution in [-0.2, 0) is 4.79 Å². The highest BCUT2D eigenvalue weighted by Crippen LogP contribution is 2.26. The highest BCUT2D eigenvalue weighted by molar-refractivity contribution is 9.10. The standard InChI is InChI=1S/C19H20BrN3O6/c1-12(2)10-29-17-8-3-13(9-16(17)20)19(25)22-21-18(24)11-28-15-6-4-14(5-7-15)23(26)27/h3-9,12H,10-11H2,1-2H3,(H,21,24)(H,22,25). The number of rotatable bonds is 8. The first-order chi connectivity index (χ1) is 13.8. The minimum absolute atomic E-state index is 0.0825. The van der Waals surface area contributed by atoms with Gasteiger partial charge in [0.1, 0.15) is 11.5 Å². The molecule has 0 aliphatic heterocycles. The number of ether oxygens (including phenoxy) is 2. The number of non-ortho nitro benzene ring substituents is 1. The molecule has 0 radical (unpaired) electrons. The Balaban J connectivity index is 1.81. The van der Waals surface area contributed by atoms with E-state index in [-0.39, 0.29) is 18.0 Å². The van der Waals surface area contributed by atoms with Crippen molar-refractivity contribution in [1.82, 2.24) is 10.9 Å². The summed E-state index contributed by atoms with van der Waals surface area (Å²) in [5, 5.41) is 10.6. The molecule has 0 unspecified atom stereocenters. The van der Waals surface area contributed by atoms with Crippen molar-refractivity contribution in [3.05, 3.63) is 62.6 Å². The molecular weight excluding hydrogens is 446 g/mol. The Morgan fingerprint density at radius 2 is 1.79 bits per heavy atom. The molecule has 0 atom stereocenters. The van der Waals surface area contributed by atoms with Crippen molar-refractivity contribution in [2.24, 2.45) is 5.92 Å². The summed E-state index contributed by atoms with van der Waals surface area (Å²) in [4.78, 5) is 34.0. The molecule has 0 saturated carbocycles. The number of hydrogen-bond donors (Lipinski definition) is 2. The third-order valence-corrected chi connectivity index (χ3v) is 4.12.